The molecule has 0 unspecified atom stereocenters. The number of rotatable bonds is 3. The predicted octanol–water partition coefficient (Wildman–Crippen LogP) is 2.39. The molecule has 0 bridgehead atoms. The zero-order valence-corrected chi connectivity index (χ0v) is 12.5. The normalized spacial score (nSPS) is 11.3. The third-order valence-corrected chi connectivity index (χ3v) is 4.83. The first kappa shape index (κ1) is 14.3. The van der Waals surface area contributed by atoms with Crippen LogP contribution in [0.1, 0.15) is 16.7 Å². The SMILES string of the molecule is Cc1cc(C)c(S(=O)(=O)Nc2ccncc2)c(C)c1N. The first-order valence-electron chi connectivity index (χ1n) is 6.12. The highest BCUT2D eigenvalue weighted by molar-refractivity contribution is 7.92. The Hall–Kier alpha value is -2.08. The highest BCUT2D eigenvalue weighted by atomic mass is 32.2. The number of nitrogens with two attached hydrogens (primary N) is 1. The summed E-state index contributed by atoms with van der Waals surface area (Å²) in [5, 5.41) is 0. The summed E-state index contributed by atoms with van der Waals surface area (Å²) in [6.07, 6.45) is 3.06. The van der Waals surface area contributed by atoms with E-state index in [2.05, 4.69) is 9.71 Å². The molecule has 0 aliphatic carbocycles. The van der Waals surface area contributed by atoms with E-state index >= 15 is 0 Å². The van der Waals surface area contributed by atoms with E-state index in [0.29, 0.717) is 22.5 Å². The van der Waals surface area contributed by atoms with E-state index in [9.17, 15) is 8.42 Å². The number of aromatic nitrogens is 1. The zero-order valence-electron chi connectivity index (χ0n) is 11.6. The summed E-state index contributed by atoms with van der Waals surface area (Å²) in [6.45, 7) is 5.35. The molecule has 5 nitrogen and oxygen atoms in total. The van der Waals surface area contributed by atoms with Crippen molar-refractivity contribution < 1.29 is 8.42 Å². The van der Waals surface area contributed by atoms with E-state index in [1.54, 1.807) is 32.0 Å². The fraction of sp³-hybridized carbons (Fsp3) is 0.214. The van der Waals surface area contributed by atoms with Crippen molar-refractivity contribution in [2.24, 2.45) is 0 Å². The second kappa shape index (κ2) is 5.13. The van der Waals surface area contributed by atoms with Crippen LogP contribution >= 0.6 is 0 Å². The summed E-state index contributed by atoms with van der Waals surface area (Å²) in [5.41, 5.74) is 9.04. The molecule has 0 amide bonds. The van der Waals surface area contributed by atoms with Gasteiger partial charge in [0.15, 0.2) is 0 Å². The molecule has 20 heavy (non-hydrogen) atoms. The average molecular weight is 291 g/mol. The molecular formula is C14H17N3O2S. The van der Waals surface area contributed by atoms with Crippen LogP contribution in [-0.2, 0) is 10.0 Å². The number of nitrogens with one attached hydrogen (secondary N) is 1. The third-order valence-electron chi connectivity index (χ3n) is 3.16. The van der Waals surface area contributed by atoms with Gasteiger partial charge >= 0.3 is 0 Å². The maximum absolute atomic E-state index is 12.5. The van der Waals surface area contributed by atoms with Crippen molar-refractivity contribution in [3.05, 3.63) is 47.3 Å². The van der Waals surface area contributed by atoms with Crippen molar-refractivity contribution in [1.29, 1.82) is 0 Å². The Labute approximate surface area is 118 Å². The first-order valence-corrected chi connectivity index (χ1v) is 7.60. The monoisotopic (exact) mass is 291 g/mol. The number of anilines is 2. The van der Waals surface area contributed by atoms with E-state index in [1.165, 1.54) is 12.4 Å². The molecule has 0 radical (unpaired) electrons. The van der Waals surface area contributed by atoms with Gasteiger partial charge in [0.2, 0.25) is 0 Å². The molecule has 0 aliphatic heterocycles. The van der Waals surface area contributed by atoms with Gasteiger partial charge in [-0.15, -0.1) is 0 Å². The first-order chi connectivity index (χ1) is 9.33. The van der Waals surface area contributed by atoms with Crippen molar-refractivity contribution in [1.82, 2.24) is 4.98 Å². The van der Waals surface area contributed by atoms with Crippen LogP contribution in [0.25, 0.3) is 0 Å². The summed E-state index contributed by atoms with van der Waals surface area (Å²) in [5.74, 6) is 0. The standard InChI is InChI=1S/C14H17N3O2S/c1-9-8-10(2)14(11(3)13(9)15)20(18,19)17-12-4-6-16-7-5-12/h4-8H,15H2,1-3H3,(H,16,17). The Balaban J connectivity index is 2.53. The minimum Gasteiger partial charge on any atom is -0.398 e. The fourth-order valence-electron chi connectivity index (χ4n) is 2.22. The molecule has 0 spiro atoms. The summed E-state index contributed by atoms with van der Waals surface area (Å²) >= 11 is 0. The quantitative estimate of drug-likeness (QED) is 0.850. The molecule has 0 aliphatic rings. The number of aryl methyl sites for hydroxylation is 2. The zero-order chi connectivity index (χ0) is 14.9. The van der Waals surface area contributed by atoms with Gasteiger partial charge in [-0.1, -0.05) is 6.07 Å². The van der Waals surface area contributed by atoms with Crippen LogP contribution in [0.2, 0.25) is 0 Å². The minimum atomic E-state index is -3.67. The predicted molar refractivity (Wildman–Crippen MR) is 80.1 cm³/mol. The molecule has 6 heteroatoms. The van der Waals surface area contributed by atoms with Crippen molar-refractivity contribution in [2.75, 3.05) is 10.5 Å². The molecule has 0 saturated carbocycles. The molecule has 2 aromatic rings. The highest BCUT2D eigenvalue weighted by Gasteiger charge is 2.22. The molecule has 2 rings (SSSR count). The number of nitrogens with zero attached hydrogens (tertiary/aromatic N) is 1. The molecule has 1 aromatic carbocycles. The van der Waals surface area contributed by atoms with Gasteiger partial charge in [-0.2, -0.15) is 0 Å². The largest absolute Gasteiger partial charge is 0.398 e. The Morgan fingerprint density at radius 2 is 1.70 bits per heavy atom. The van der Waals surface area contributed by atoms with Crippen molar-refractivity contribution in [3.8, 4) is 0 Å². The van der Waals surface area contributed by atoms with Gasteiger partial charge in [-0.3, -0.25) is 9.71 Å². The Kier molecular flexibility index (Phi) is 3.67. The Morgan fingerprint density at radius 1 is 1.10 bits per heavy atom. The number of nitrogen functional groups attached to an aromatic ring is 1. The lowest BCUT2D eigenvalue weighted by atomic mass is 10.1. The van der Waals surface area contributed by atoms with Crippen molar-refractivity contribution >= 4 is 21.4 Å². The maximum Gasteiger partial charge on any atom is 0.262 e. The van der Waals surface area contributed by atoms with Crippen LogP contribution in [-0.4, -0.2) is 13.4 Å². The van der Waals surface area contributed by atoms with Crippen LogP contribution in [0.15, 0.2) is 35.5 Å². The van der Waals surface area contributed by atoms with E-state index in [4.69, 9.17) is 5.73 Å². The summed E-state index contributed by atoms with van der Waals surface area (Å²) in [4.78, 5) is 4.09. The van der Waals surface area contributed by atoms with E-state index in [0.717, 1.165) is 5.56 Å². The second-order valence-electron chi connectivity index (χ2n) is 4.72. The molecule has 106 valence electrons. The maximum atomic E-state index is 12.5. The topological polar surface area (TPSA) is 85.1 Å². The lowest BCUT2D eigenvalue weighted by molar-refractivity contribution is 0.600. The Bertz CT molecular complexity index is 741. The molecule has 1 heterocycles. The van der Waals surface area contributed by atoms with Crippen LogP contribution in [0.4, 0.5) is 11.4 Å². The molecule has 0 atom stereocenters. The lowest BCUT2D eigenvalue weighted by Gasteiger charge is -2.16. The van der Waals surface area contributed by atoms with Gasteiger partial charge in [0.1, 0.15) is 0 Å². The molecular weight excluding hydrogens is 274 g/mol. The molecule has 0 saturated heterocycles. The summed E-state index contributed by atoms with van der Waals surface area (Å²) < 4.78 is 27.6. The van der Waals surface area contributed by atoms with Gasteiger partial charge in [0.05, 0.1) is 10.6 Å². The molecule has 3 N–H and O–H groups in total. The van der Waals surface area contributed by atoms with Crippen molar-refractivity contribution in [3.63, 3.8) is 0 Å². The number of hydrogen-bond acceptors (Lipinski definition) is 4. The minimum absolute atomic E-state index is 0.234. The van der Waals surface area contributed by atoms with Crippen LogP contribution < -0.4 is 10.5 Å². The van der Waals surface area contributed by atoms with E-state index in [1.807, 2.05) is 6.92 Å². The lowest BCUT2D eigenvalue weighted by Crippen LogP contribution is -2.17. The second-order valence-corrected chi connectivity index (χ2v) is 6.34. The van der Waals surface area contributed by atoms with Gasteiger partial charge in [0.25, 0.3) is 10.0 Å². The van der Waals surface area contributed by atoms with Gasteiger partial charge in [-0.25, -0.2) is 8.42 Å². The number of pyridine rings is 1. The fourth-order valence-corrected chi connectivity index (χ4v) is 3.77. The summed E-state index contributed by atoms with van der Waals surface area (Å²) in [6, 6.07) is 4.98. The van der Waals surface area contributed by atoms with Gasteiger partial charge < -0.3 is 5.73 Å². The number of benzene rings is 1. The molecule has 1 aromatic heterocycles. The smallest absolute Gasteiger partial charge is 0.262 e. The van der Waals surface area contributed by atoms with E-state index < -0.39 is 10.0 Å². The van der Waals surface area contributed by atoms with Crippen LogP contribution in [0.5, 0.6) is 0 Å². The number of hydrogen-bond donors (Lipinski definition) is 2. The summed E-state index contributed by atoms with van der Waals surface area (Å²) in [7, 11) is -3.67. The van der Waals surface area contributed by atoms with Crippen LogP contribution in [0, 0.1) is 20.8 Å². The number of sulfonamides is 1. The van der Waals surface area contributed by atoms with Gasteiger partial charge in [-0.05, 0) is 49.6 Å². The molecule has 0 fully saturated rings. The highest BCUT2D eigenvalue weighted by Crippen LogP contribution is 2.29. The van der Waals surface area contributed by atoms with Gasteiger partial charge in [0, 0.05) is 18.1 Å². The Morgan fingerprint density at radius 3 is 2.30 bits per heavy atom. The third kappa shape index (κ3) is 2.60. The average Bonchev–Trinajstić information content (AvgIpc) is 2.36. The van der Waals surface area contributed by atoms with Crippen molar-refractivity contribution in [2.45, 2.75) is 25.7 Å². The van der Waals surface area contributed by atoms with E-state index in [-0.39, 0.29) is 4.90 Å². The van der Waals surface area contributed by atoms with Crippen LogP contribution in [0.3, 0.4) is 0 Å².